The predicted octanol–water partition coefficient (Wildman–Crippen LogP) is -4.56. The summed E-state index contributed by atoms with van der Waals surface area (Å²) in [6.07, 6.45) is -10.4. The summed E-state index contributed by atoms with van der Waals surface area (Å²) in [5.74, 6) is 0. The fourth-order valence-corrected chi connectivity index (χ4v) is 1.93. The second kappa shape index (κ2) is 6.08. The zero-order valence-electron chi connectivity index (χ0n) is 9.86. The minimum atomic E-state index is -2.71. The Morgan fingerprint density at radius 1 is 1.16 bits per heavy atom. The maximum Gasteiger partial charge on any atom is 0.208 e. The zero-order chi connectivity index (χ0) is 14.8. The maximum absolute atomic E-state index is 9.97. The minimum Gasteiger partial charge on any atom is -0.394 e. The number of hydrogen-bond acceptors (Lipinski definition) is 9. The number of aliphatic hydroxyl groups excluding tert-OH is 6. The predicted molar refractivity (Wildman–Crippen MR) is 57.4 cm³/mol. The Hall–Kier alpha value is -0.830. The van der Waals surface area contributed by atoms with E-state index in [1.165, 1.54) is 6.07 Å². The molecule has 1 aliphatic rings. The van der Waals surface area contributed by atoms with Gasteiger partial charge in [0.1, 0.15) is 42.7 Å². The summed E-state index contributed by atoms with van der Waals surface area (Å²) in [4.78, 5) is 0. The molecule has 1 fully saturated rings. The number of aliphatic hydroxyl groups is 7. The fraction of sp³-hybridized carbons (Fsp3) is 0.900. The van der Waals surface area contributed by atoms with Gasteiger partial charge in [0.2, 0.25) is 5.60 Å². The van der Waals surface area contributed by atoms with Gasteiger partial charge in [0, 0.05) is 0 Å². The number of nitrogens with zero attached hydrogens (tertiary/aromatic N) is 1. The summed E-state index contributed by atoms with van der Waals surface area (Å²) in [5.41, 5.74) is -2.71. The molecule has 9 heteroatoms. The molecule has 0 radical (unpaired) electrons. The number of rotatable bonds is 4. The highest BCUT2D eigenvalue weighted by molar-refractivity contribution is 5.15. The molecule has 0 aromatic rings. The van der Waals surface area contributed by atoms with Crippen molar-refractivity contribution in [2.24, 2.45) is 0 Å². The lowest BCUT2D eigenvalue weighted by Gasteiger charge is -2.45. The molecule has 0 aliphatic carbocycles. The van der Waals surface area contributed by atoms with Crippen LogP contribution >= 0.6 is 0 Å². The first-order valence-corrected chi connectivity index (χ1v) is 5.56. The van der Waals surface area contributed by atoms with E-state index in [2.05, 4.69) is 0 Å². The van der Waals surface area contributed by atoms with Crippen LogP contribution in [0.4, 0.5) is 0 Å². The molecular weight excluding hydrogens is 262 g/mol. The van der Waals surface area contributed by atoms with Gasteiger partial charge in [-0.1, -0.05) is 0 Å². The Morgan fingerprint density at radius 2 is 1.74 bits per heavy atom. The van der Waals surface area contributed by atoms with Crippen molar-refractivity contribution >= 4 is 0 Å². The molecule has 1 saturated heterocycles. The summed E-state index contributed by atoms with van der Waals surface area (Å²) < 4.78 is 4.96. The van der Waals surface area contributed by atoms with Gasteiger partial charge in [0.05, 0.1) is 13.2 Å². The third-order valence-electron chi connectivity index (χ3n) is 3.19. The smallest absolute Gasteiger partial charge is 0.208 e. The standard InChI is InChI=1S/C10H17NO8/c11-3-10(18,5(14)2-13)9-8(17)7(16)6(15)4(1-12)19-9/h4-9,12-18H,1-2H2/t4-,5?,6-,7+,8-,9?,10?/m1/s1. The molecule has 1 rings (SSSR count). The van der Waals surface area contributed by atoms with E-state index >= 15 is 0 Å². The Bertz CT molecular complexity index is 345. The van der Waals surface area contributed by atoms with E-state index in [-0.39, 0.29) is 0 Å². The monoisotopic (exact) mass is 279 g/mol. The van der Waals surface area contributed by atoms with Crippen LogP contribution in [-0.2, 0) is 4.74 Å². The van der Waals surface area contributed by atoms with Gasteiger partial charge in [0.15, 0.2) is 0 Å². The lowest BCUT2D eigenvalue weighted by atomic mass is 9.82. The molecule has 0 bridgehead atoms. The van der Waals surface area contributed by atoms with Crippen molar-refractivity contribution in [1.82, 2.24) is 0 Å². The molecule has 0 amide bonds. The molecule has 7 N–H and O–H groups in total. The Morgan fingerprint density at radius 3 is 2.16 bits per heavy atom. The van der Waals surface area contributed by atoms with Crippen LogP contribution in [0.15, 0.2) is 0 Å². The van der Waals surface area contributed by atoms with Crippen LogP contribution in [0.3, 0.4) is 0 Å². The summed E-state index contributed by atoms with van der Waals surface area (Å²) in [7, 11) is 0. The quantitative estimate of drug-likeness (QED) is 0.250. The first-order valence-electron chi connectivity index (χ1n) is 5.56. The van der Waals surface area contributed by atoms with E-state index < -0.39 is 55.4 Å². The van der Waals surface area contributed by atoms with Crippen LogP contribution in [0.1, 0.15) is 0 Å². The molecule has 9 nitrogen and oxygen atoms in total. The molecule has 0 spiro atoms. The van der Waals surface area contributed by atoms with Crippen LogP contribution < -0.4 is 0 Å². The number of hydrogen-bond donors (Lipinski definition) is 7. The molecule has 7 atom stereocenters. The highest BCUT2D eigenvalue weighted by atomic mass is 16.6. The van der Waals surface area contributed by atoms with E-state index in [1.807, 2.05) is 0 Å². The second-order valence-corrected chi connectivity index (χ2v) is 4.39. The molecule has 110 valence electrons. The van der Waals surface area contributed by atoms with E-state index in [4.69, 9.17) is 20.2 Å². The zero-order valence-corrected chi connectivity index (χ0v) is 9.86. The molecule has 1 aliphatic heterocycles. The van der Waals surface area contributed by atoms with Crippen molar-refractivity contribution in [1.29, 1.82) is 5.26 Å². The topological polar surface area (TPSA) is 175 Å². The van der Waals surface area contributed by atoms with Crippen molar-refractivity contribution in [3.8, 4) is 6.07 Å². The highest BCUT2D eigenvalue weighted by Gasteiger charge is 2.55. The molecular formula is C10H17NO8. The molecule has 3 unspecified atom stereocenters. The second-order valence-electron chi connectivity index (χ2n) is 4.39. The van der Waals surface area contributed by atoms with Gasteiger partial charge in [0.25, 0.3) is 0 Å². The van der Waals surface area contributed by atoms with Crippen molar-refractivity contribution in [2.45, 2.75) is 42.2 Å². The van der Waals surface area contributed by atoms with Crippen LogP contribution in [0.5, 0.6) is 0 Å². The number of ether oxygens (including phenoxy) is 1. The normalized spacial score (nSPS) is 40.2. The Labute approximate surface area is 108 Å². The largest absolute Gasteiger partial charge is 0.394 e. The molecule has 0 aromatic carbocycles. The summed E-state index contributed by atoms with van der Waals surface area (Å²) in [6.45, 7) is -1.72. The Balaban J connectivity index is 3.07. The van der Waals surface area contributed by atoms with E-state index in [1.54, 1.807) is 0 Å². The highest BCUT2D eigenvalue weighted by Crippen LogP contribution is 2.30. The molecule has 1 heterocycles. The average molecular weight is 279 g/mol. The van der Waals surface area contributed by atoms with Gasteiger partial charge >= 0.3 is 0 Å². The van der Waals surface area contributed by atoms with E-state index in [0.29, 0.717) is 0 Å². The lowest BCUT2D eigenvalue weighted by molar-refractivity contribution is -0.274. The average Bonchev–Trinajstić information content (AvgIpc) is 2.43. The van der Waals surface area contributed by atoms with Gasteiger partial charge in [-0.25, -0.2) is 0 Å². The minimum absolute atomic E-state index is 0.738. The van der Waals surface area contributed by atoms with Crippen molar-refractivity contribution < 1.29 is 40.5 Å². The fourth-order valence-electron chi connectivity index (χ4n) is 1.93. The van der Waals surface area contributed by atoms with Gasteiger partial charge in [-0.15, -0.1) is 0 Å². The summed E-state index contributed by atoms with van der Waals surface area (Å²) in [6, 6.07) is 1.30. The molecule has 0 aromatic heterocycles. The van der Waals surface area contributed by atoms with Gasteiger partial charge in [-0.2, -0.15) is 5.26 Å². The summed E-state index contributed by atoms with van der Waals surface area (Å²) in [5, 5.41) is 74.8. The lowest BCUT2D eigenvalue weighted by Crippen LogP contribution is -2.68. The molecule has 19 heavy (non-hydrogen) atoms. The van der Waals surface area contributed by atoms with Crippen molar-refractivity contribution in [2.75, 3.05) is 13.2 Å². The maximum atomic E-state index is 9.97. The third-order valence-corrected chi connectivity index (χ3v) is 3.19. The molecule has 0 saturated carbocycles. The van der Waals surface area contributed by atoms with Crippen LogP contribution in [0, 0.1) is 11.3 Å². The van der Waals surface area contributed by atoms with Crippen LogP contribution in [0.2, 0.25) is 0 Å². The SMILES string of the molecule is N#CC(O)(C(O)CO)C1O[C@H](CO)[C@@H](O)[C@H](O)[C@H]1O. The third kappa shape index (κ3) is 2.71. The number of nitriles is 1. The Kier molecular flexibility index (Phi) is 5.19. The van der Waals surface area contributed by atoms with E-state index in [0.717, 1.165) is 0 Å². The first kappa shape index (κ1) is 16.2. The van der Waals surface area contributed by atoms with Gasteiger partial charge in [-0.3, -0.25) is 0 Å². The van der Waals surface area contributed by atoms with Crippen LogP contribution in [-0.4, -0.2) is 91.2 Å². The summed E-state index contributed by atoms with van der Waals surface area (Å²) >= 11 is 0. The van der Waals surface area contributed by atoms with Crippen LogP contribution in [0.25, 0.3) is 0 Å². The van der Waals surface area contributed by atoms with Gasteiger partial charge < -0.3 is 40.5 Å². The van der Waals surface area contributed by atoms with E-state index in [9.17, 15) is 25.5 Å². The first-order chi connectivity index (χ1) is 8.83. The van der Waals surface area contributed by atoms with Crippen molar-refractivity contribution in [3.63, 3.8) is 0 Å². The van der Waals surface area contributed by atoms with Crippen molar-refractivity contribution in [3.05, 3.63) is 0 Å². The van der Waals surface area contributed by atoms with Gasteiger partial charge in [-0.05, 0) is 0 Å².